The van der Waals surface area contributed by atoms with Gasteiger partial charge in [-0.25, -0.2) is 4.98 Å². The molecule has 2 aromatic carbocycles. The van der Waals surface area contributed by atoms with Crippen molar-refractivity contribution in [3.63, 3.8) is 0 Å². The third kappa shape index (κ3) is 2.83. The summed E-state index contributed by atoms with van der Waals surface area (Å²) in [7, 11) is 0. The molecule has 3 rings (SSSR count). The fourth-order valence-electron chi connectivity index (χ4n) is 1.92. The van der Waals surface area contributed by atoms with Crippen molar-refractivity contribution in [3.05, 3.63) is 47.5 Å². The molecule has 1 aromatic heterocycles. The standard InChI is InChI=1S/C15H10ClN3O2/c1-9(20)21-14-8-10(16)6-7-11(14)15-17-12-4-2-3-5-13(12)18-19-15/h2-8H,1H3. The van der Waals surface area contributed by atoms with E-state index in [1.807, 2.05) is 24.3 Å². The van der Waals surface area contributed by atoms with Crippen molar-refractivity contribution < 1.29 is 9.53 Å². The lowest BCUT2D eigenvalue weighted by Gasteiger charge is -2.08. The van der Waals surface area contributed by atoms with Crippen LogP contribution in [0.15, 0.2) is 42.5 Å². The minimum atomic E-state index is -0.438. The van der Waals surface area contributed by atoms with Gasteiger partial charge in [0.25, 0.3) is 0 Å². The summed E-state index contributed by atoms with van der Waals surface area (Å²) in [5, 5.41) is 8.66. The molecule has 6 heteroatoms. The van der Waals surface area contributed by atoms with Gasteiger partial charge in [0.15, 0.2) is 5.82 Å². The van der Waals surface area contributed by atoms with Gasteiger partial charge in [-0.15, -0.1) is 10.2 Å². The zero-order chi connectivity index (χ0) is 14.8. The Labute approximate surface area is 125 Å². The summed E-state index contributed by atoms with van der Waals surface area (Å²) in [6, 6.07) is 12.3. The number of hydrogen-bond donors (Lipinski definition) is 0. The summed E-state index contributed by atoms with van der Waals surface area (Å²) in [4.78, 5) is 15.6. The van der Waals surface area contributed by atoms with Gasteiger partial charge in [0, 0.05) is 18.0 Å². The lowest BCUT2D eigenvalue weighted by atomic mass is 10.2. The lowest BCUT2D eigenvalue weighted by molar-refractivity contribution is -0.131. The molecule has 1 heterocycles. The number of esters is 1. The molecule has 0 saturated carbocycles. The van der Waals surface area contributed by atoms with Gasteiger partial charge in [-0.2, -0.15) is 0 Å². The number of ether oxygens (including phenoxy) is 1. The van der Waals surface area contributed by atoms with E-state index in [1.165, 1.54) is 6.92 Å². The molecule has 0 saturated heterocycles. The number of halogens is 1. The smallest absolute Gasteiger partial charge is 0.308 e. The van der Waals surface area contributed by atoms with Crippen molar-refractivity contribution in [3.8, 4) is 17.1 Å². The Morgan fingerprint density at radius 1 is 1.10 bits per heavy atom. The van der Waals surface area contributed by atoms with Gasteiger partial charge in [-0.3, -0.25) is 4.79 Å². The summed E-state index contributed by atoms with van der Waals surface area (Å²) in [6.07, 6.45) is 0. The molecule has 5 nitrogen and oxygen atoms in total. The predicted molar refractivity (Wildman–Crippen MR) is 79.1 cm³/mol. The number of nitrogens with zero attached hydrogens (tertiary/aromatic N) is 3. The van der Waals surface area contributed by atoms with E-state index < -0.39 is 5.97 Å². The van der Waals surface area contributed by atoms with E-state index in [0.29, 0.717) is 33.2 Å². The van der Waals surface area contributed by atoms with Crippen LogP contribution in [0.25, 0.3) is 22.4 Å². The number of benzene rings is 2. The fourth-order valence-corrected chi connectivity index (χ4v) is 2.08. The van der Waals surface area contributed by atoms with E-state index in [-0.39, 0.29) is 0 Å². The third-order valence-corrected chi connectivity index (χ3v) is 3.03. The Morgan fingerprint density at radius 2 is 1.86 bits per heavy atom. The number of rotatable bonds is 2. The molecule has 21 heavy (non-hydrogen) atoms. The first kappa shape index (κ1) is 13.5. The Bertz CT molecular complexity index is 836. The molecule has 0 spiro atoms. The van der Waals surface area contributed by atoms with E-state index in [4.69, 9.17) is 16.3 Å². The predicted octanol–water partition coefficient (Wildman–Crippen LogP) is 3.27. The van der Waals surface area contributed by atoms with Crippen LogP contribution in [0.1, 0.15) is 6.92 Å². The average Bonchev–Trinajstić information content (AvgIpc) is 2.46. The van der Waals surface area contributed by atoms with E-state index in [0.717, 1.165) is 0 Å². The van der Waals surface area contributed by atoms with Crippen LogP contribution < -0.4 is 4.74 Å². The van der Waals surface area contributed by atoms with Crippen molar-refractivity contribution in [2.45, 2.75) is 6.92 Å². The molecule has 0 aliphatic heterocycles. The van der Waals surface area contributed by atoms with Gasteiger partial charge < -0.3 is 4.74 Å². The second-order valence-corrected chi connectivity index (χ2v) is 4.79. The highest BCUT2D eigenvalue weighted by molar-refractivity contribution is 6.30. The highest BCUT2D eigenvalue weighted by atomic mass is 35.5. The highest BCUT2D eigenvalue weighted by Gasteiger charge is 2.13. The monoisotopic (exact) mass is 299 g/mol. The number of fused-ring (bicyclic) bond motifs is 1. The zero-order valence-corrected chi connectivity index (χ0v) is 11.8. The van der Waals surface area contributed by atoms with Crippen LogP contribution >= 0.6 is 11.6 Å². The van der Waals surface area contributed by atoms with E-state index in [9.17, 15) is 4.79 Å². The number of hydrogen-bond acceptors (Lipinski definition) is 5. The Kier molecular flexibility index (Phi) is 3.50. The van der Waals surface area contributed by atoms with Crippen LogP contribution in [-0.2, 0) is 4.79 Å². The molecule has 0 aliphatic rings. The first-order valence-corrected chi connectivity index (χ1v) is 6.59. The molecule has 0 fully saturated rings. The van der Waals surface area contributed by atoms with Gasteiger partial charge in [-0.05, 0) is 24.3 Å². The minimum absolute atomic E-state index is 0.312. The fraction of sp³-hybridized carbons (Fsp3) is 0.0667. The maximum Gasteiger partial charge on any atom is 0.308 e. The van der Waals surface area contributed by atoms with Crippen molar-refractivity contribution >= 4 is 28.6 Å². The Balaban J connectivity index is 2.15. The van der Waals surface area contributed by atoms with Crippen LogP contribution in [0.4, 0.5) is 0 Å². The van der Waals surface area contributed by atoms with E-state index in [1.54, 1.807) is 18.2 Å². The first-order valence-electron chi connectivity index (χ1n) is 6.21. The summed E-state index contributed by atoms with van der Waals surface area (Å²) < 4.78 is 5.16. The second-order valence-electron chi connectivity index (χ2n) is 4.36. The van der Waals surface area contributed by atoms with Crippen LogP contribution in [0.5, 0.6) is 5.75 Å². The zero-order valence-electron chi connectivity index (χ0n) is 11.1. The number of carbonyl (C=O) groups excluding carboxylic acids is 1. The van der Waals surface area contributed by atoms with E-state index in [2.05, 4.69) is 15.2 Å². The van der Waals surface area contributed by atoms with Crippen LogP contribution in [0, 0.1) is 0 Å². The molecule has 0 atom stereocenters. The lowest BCUT2D eigenvalue weighted by Crippen LogP contribution is -2.04. The molecule has 0 amide bonds. The summed E-state index contributed by atoms with van der Waals surface area (Å²) in [5.41, 5.74) is 1.98. The van der Waals surface area contributed by atoms with Gasteiger partial charge in [0.1, 0.15) is 11.3 Å². The van der Waals surface area contributed by atoms with Crippen molar-refractivity contribution in [1.29, 1.82) is 0 Å². The van der Waals surface area contributed by atoms with Gasteiger partial charge >= 0.3 is 5.97 Å². The molecule has 0 bridgehead atoms. The summed E-state index contributed by atoms with van der Waals surface area (Å²) >= 11 is 5.94. The van der Waals surface area contributed by atoms with Crippen molar-refractivity contribution in [2.75, 3.05) is 0 Å². The minimum Gasteiger partial charge on any atom is -0.426 e. The van der Waals surface area contributed by atoms with E-state index >= 15 is 0 Å². The molecule has 3 aromatic rings. The number of aromatic nitrogens is 3. The normalized spacial score (nSPS) is 10.6. The second kappa shape index (κ2) is 5.46. The quantitative estimate of drug-likeness (QED) is 0.537. The van der Waals surface area contributed by atoms with Crippen molar-refractivity contribution in [2.24, 2.45) is 0 Å². The molecule has 0 N–H and O–H groups in total. The van der Waals surface area contributed by atoms with Crippen LogP contribution in [-0.4, -0.2) is 21.2 Å². The van der Waals surface area contributed by atoms with Crippen LogP contribution in [0.2, 0.25) is 5.02 Å². The number of carbonyl (C=O) groups is 1. The highest BCUT2D eigenvalue weighted by Crippen LogP contribution is 2.30. The Morgan fingerprint density at radius 3 is 2.62 bits per heavy atom. The van der Waals surface area contributed by atoms with Gasteiger partial charge in [0.05, 0.1) is 11.1 Å². The number of para-hydroxylation sites is 1. The summed E-state index contributed by atoms with van der Waals surface area (Å²) in [6.45, 7) is 1.32. The molecule has 104 valence electrons. The topological polar surface area (TPSA) is 65.0 Å². The van der Waals surface area contributed by atoms with Gasteiger partial charge in [-0.1, -0.05) is 23.7 Å². The SMILES string of the molecule is CC(=O)Oc1cc(Cl)ccc1-c1nnc2ccccc2n1. The maximum atomic E-state index is 11.2. The first-order chi connectivity index (χ1) is 10.1. The largest absolute Gasteiger partial charge is 0.426 e. The summed E-state index contributed by atoms with van der Waals surface area (Å²) in [5.74, 6) is 0.251. The average molecular weight is 300 g/mol. The van der Waals surface area contributed by atoms with Crippen molar-refractivity contribution in [1.82, 2.24) is 15.2 Å². The molecular formula is C15H10ClN3O2. The maximum absolute atomic E-state index is 11.2. The molecule has 0 radical (unpaired) electrons. The van der Waals surface area contributed by atoms with Gasteiger partial charge in [0.2, 0.25) is 0 Å². The van der Waals surface area contributed by atoms with Crippen LogP contribution in [0.3, 0.4) is 0 Å². The molecule has 0 unspecified atom stereocenters. The molecular weight excluding hydrogens is 290 g/mol. The Hall–Kier alpha value is -2.53. The molecule has 0 aliphatic carbocycles. The third-order valence-electron chi connectivity index (χ3n) is 2.80.